The topological polar surface area (TPSA) is 92.4 Å². The van der Waals surface area contributed by atoms with E-state index in [0.717, 1.165) is 6.07 Å². The summed E-state index contributed by atoms with van der Waals surface area (Å²) >= 11 is 0. The average Bonchev–Trinajstić information content (AvgIpc) is 2.20. The lowest BCUT2D eigenvalue weighted by Crippen LogP contribution is -2.50. The van der Waals surface area contributed by atoms with Gasteiger partial charge >= 0.3 is 0 Å². The molecule has 1 unspecified atom stereocenters. The monoisotopic (exact) mass is 276 g/mol. The highest BCUT2D eigenvalue weighted by molar-refractivity contribution is 7.89. The van der Waals surface area contributed by atoms with Crippen LogP contribution in [-0.2, 0) is 10.0 Å². The summed E-state index contributed by atoms with van der Waals surface area (Å²) in [6, 6.07) is 3.54. The largest absolute Gasteiger partial charge is 0.395 e. The second-order valence-corrected chi connectivity index (χ2v) is 6.31. The highest BCUT2D eigenvalue weighted by Gasteiger charge is 2.31. The number of sulfonamides is 1. The molecule has 0 radical (unpaired) electrons. The number of benzene rings is 1. The molecule has 0 aromatic heterocycles. The van der Waals surface area contributed by atoms with Crippen molar-refractivity contribution in [2.45, 2.75) is 37.3 Å². The molecule has 0 amide bonds. The molecule has 0 spiro atoms. The zero-order valence-electron chi connectivity index (χ0n) is 10.4. The first-order valence-electron chi connectivity index (χ1n) is 5.34. The highest BCUT2D eigenvalue weighted by atomic mass is 32.2. The zero-order chi connectivity index (χ0) is 14.1. The Labute approximate surface area is 106 Å². The zero-order valence-corrected chi connectivity index (χ0v) is 11.3. The van der Waals surface area contributed by atoms with Crippen LogP contribution in [0.4, 0.5) is 10.1 Å². The van der Waals surface area contributed by atoms with Gasteiger partial charge in [-0.3, -0.25) is 0 Å². The number of aliphatic hydroxyl groups excluding tert-OH is 1. The number of anilines is 1. The highest BCUT2D eigenvalue weighted by Crippen LogP contribution is 2.23. The smallest absolute Gasteiger partial charge is 0.243 e. The van der Waals surface area contributed by atoms with E-state index in [1.54, 1.807) is 0 Å². The van der Waals surface area contributed by atoms with Gasteiger partial charge in [-0.1, -0.05) is 6.07 Å². The maximum Gasteiger partial charge on any atom is 0.243 e. The van der Waals surface area contributed by atoms with Crippen LogP contribution in [0, 0.1) is 5.82 Å². The third-order valence-corrected chi connectivity index (χ3v) is 4.47. The number of aliphatic hydroxyl groups is 1. The van der Waals surface area contributed by atoms with Crippen molar-refractivity contribution in [1.29, 1.82) is 0 Å². The number of nitrogens with one attached hydrogen (secondary N) is 1. The second kappa shape index (κ2) is 4.83. The second-order valence-electron chi connectivity index (χ2n) is 4.65. The lowest BCUT2D eigenvalue weighted by molar-refractivity contribution is 0.111. The number of hydrogen-bond acceptors (Lipinski definition) is 4. The molecule has 0 saturated heterocycles. The minimum absolute atomic E-state index is 0.337. The fourth-order valence-corrected chi connectivity index (χ4v) is 2.86. The molecule has 0 fully saturated rings. The van der Waals surface area contributed by atoms with Crippen LogP contribution in [0.1, 0.15) is 20.8 Å². The molecule has 5 nitrogen and oxygen atoms in total. The van der Waals surface area contributed by atoms with E-state index in [2.05, 4.69) is 4.72 Å². The molecule has 0 aliphatic rings. The summed E-state index contributed by atoms with van der Waals surface area (Å²) in [5, 5.41) is 9.48. The number of nitrogen functional groups attached to an aromatic ring is 1. The third kappa shape index (κ3) is 2.98. The summed E-state index contributed by atoms with van der Waals surface area (Å²) in [5.74, 6) is -0.798. The standard InChI is InChI=1S/C11H17FN2O3S/c1-7(15)11(2,3)14-18(16,17)9-6-4-5-8(12)10(9)13/h4-7,14-15H,13H2,1-3H3. The lowest BCUT2D eigenvalue weighted by Gasteiger charge is -2.29. The summed E-state index contributed by atoms with van der Waals surface area (Å²) in [6.07, 6.45) is -0.915. The SMILES string of the molecule is CC(O)C(C)(C)NS(=O)(=O)c1cccc(F)c1N. The Bertz CT molecular complexity index is 541. The number of hydrogen-bond donors (Lipinski definition) is 3. The summed E-state index contributed by atoms with van der Waals surface area (Å²) in [6.45, 7) is 4.49. The van der Waals surface area contributed by atoms with Crippen LogP contribution >= 0.6 is 0 Å². The quantitative estimate of drug-likeness (QED) is 0.711. The van der Waals surface area contributed by atoms with Crippen LogP contribution in [0.5, 0.6) is 0 Å². The van der Waals surface area contributed by atoms with E-state index >= 15 is 0 Å². The van der Waals surface area contributed by atoms with Crippen molar-refractivity contribution in [3.63, 3.8) is 0 Å². The predicted molar refractivity (Wildman–Crippen MR) is 66.9 cm³/mol. The molecule has 0 aliphatic heterocycles. The normalized spacial score (nSPS) is 14.5. The molecule has 1 aromatic carbocycles. The molecule has 102 valence electrons. The maximum atomic E-state index is 13.2. The van der Waals surface area contributed by atoms with Crippen LogP contribution in [-0.4, -0.2) is 25.2 Å². The van der Waals surface area contributed by atoms with Crippen LogP contribution < -0.4 is 10.5 Å². The maximum absolute atomic E-state index is 13.2. The van der Waals surface area contributed by atoms with Gasteiger partial charge in [0.1, 0.15) is 10.7 Å². The Morgan fingerprint density at radius 1 is 1.44 bits per heavy atom. The van der Waals surface area contributed by atoms with Crippen molar-refractivity contribution in [3.05, 3.63) is 24.0 Å². The van der Waals surface area contributed by atoms with Gasteiger partial charge in [-0.15, -0.1) is 0 Å². The van der Waals surface area contributed by atoms with E-state index in [0.29, 0.717) is 0 Å². The van der Waals surface area contributed by atoms with Gasteiger partial charge in [0.05, 0.1) is 17.3 Å². The summed E-state index contributed by atoms with van der Waals surface area (Å²) in [5.41, 5.74) is 3.88. The van der Waals surface area contributed by atoms with Crippen LogP contribution in [0.25, 0.3) is 0 Å². The number of rotatable bonds is 4. The minimum Gasteiger partial charge on any atom is -0.395 e. The fraction of sp³-hybridized carbons (Fsp3) is 0.455. The van der Waals surface area contributed by atoms with Gasteiger partial charge in [0.15, 0.2) is 0 Å². The van der Waals surface area contributed by atoms with Crippen LogP contribution in [0.15, 0.2) is 23.1 Å². The lowest BCUT2D eigenvalue weighted by atomic mass is 10.0. The predicted octanol–water partition coefficient (Wildman–Crippen LogP) is 0.846. The number of para-hydroxylation sites is 1. The average molecular weight is 276 g/mol. The third-order valence-electron chi connectivity index (χ3n) is 2.74. The van der Waals surface area contributed by atoms with Crippen molar-refractivity contribution < 1.29 is 17.9 Å². The molecule has 18 heavy (non-hydrogen) atoms. The van der Waals surface area contributed by atoms with Crippen LogP contribution in [0.2, 0.25) is 0 Å². The van der Waals surface area contributed by atoms with Gasteiger partial charge in [-0.25, -0.2) is 17.5 Å². The van der Waals surface area contributed by atoms with Crippen molar-refractivity contribution in [3.8, 4) is 0 Å². The minimum atomic E-state index is -3.99. The summed E-state index contributed by atoms with van der Waals surface area (Å²) in [4.78, 5) is -0.337. The molecular weight excluding hydrogens is 259 g/mol. The van der Waals surface area contributed by atoms with Gasteiger partial charge < -0.3 is 10.8 Å². The van der Waals surface area contributed by atoms with Gasteiger partial charge in [0.25, 0.3) is 0 Å². The van der Waals surface area contributed by atoms with Crippen molar-refractivity contribution >= 4 is 15.7 Å². The molecular formula is C11H17FN2O3S. The summed E-state index contributed by atoms with van der Waals surface area (Å²) < 4.78 is 39.6. The van der Waals surface area contributed by atoms with E-state index in [-0.39, 0.29) is 4.90 Å². The molecule has 0 heterocycles. The van der Waals surface area contributed by atoms with Crippen molar-refractivity contribution in [2.24, 2.45) is 0 Å². The van der Waals surface area contributed by atoms with E-state index < -0.39 is 33.2 Å². The molecule has 0 saturated carbocycles. The molecule has 1 rings (SSSR count). The molecule has 4 N–H and O–H groups in total. The fourth-order valence-electron chi connectivity index (χ4n) is 1.24. The van der Waals surface area contributed by atoms with Gasteiger partial charge in [-0.2, -0.15) is 0 Å². The van der Waals surface area contributed by atoms with E-state index in [9.17, 15) is 17.9 Å². The Balaban J connectivity index is 3.20. The number of nitrogens with two attached hydrogens (primary N) is 1. The van der Waals surface area contributed by atoms with Crippen molar-refractivity contribution in [2.75, 3.05) is 5.73 Å². The van der Waals surface area contributed by atoms with Crippen LogP contribution in [0.3, 0.4) is 0 Å². The Kier molecular flexibility index (Phi) is 3.99. The van der Waals surface area contributed by atoms with Gasteiger partial charge in [0.2, 0.25) is 10.0 Å². The number of halogens is 1. The Morgan fingerprint density at radius 3 is 2.50 bits per heavy atom. The van der Waals surface area contributed by atoms with E-state index in [4.69, 9.17) is 5.73 Å². The van der Waals surface area contributed by atoms with Gasteiger partial charge in [0, 0.05) is 0 Å². The Morgan fingerprint density at radius 2 is 2.00 bits per heavy atom. The first-order chi connectivity index (χ1) is 8.08. The van der Waals surface area contributed by atoms with Gasteiger partial charge in [-0.05, 0) is 32.9 Å². The first-order valence-corrected chi connectivity index (χ1v) is 6.82. The molecule has 0 bridgehead atoms. The van der Waals surface area contributed by atoms with Crippen molar-refractivity contribution in [1.82, 2.24) is 4.72 Å². The first kappa shape index (κ1) is 14.9. The molecule has 0 aliphatic carbocycles. The molecule has 1 atom stereocenters. The van der Waals surface area contributed by atoms with E-state index in [1.165, 1.54) is 32.9 Å². The molecule has 7 heteroatoms. The van der Waals surface area contributed by atoms with E-state index in [1.807, 2.05) is 0 Å². The molecule has 1 aromatic rings. The Hall–Kier alpha value is -1.18. The summed E-state index contributed by atoms with van der Waals surface area (Å²) in [7, 11) is -3.99.